The number of rotatable bonds is 5. The molecule has 0 aromatic heterocycles. The number of aryl methyl sites for hydroxylation is 1. The van der Waals surface area contributed by atoms with Crippen molar-refractivity contribution in [3.63, 3.8) is 0 Å². The van der Waals surface area contributed by atoms with Gasteiger partial charge >= 0.3 is 18.4 Å². The highest BCUT2D eigenvalue weighted by atomic mass is 19.3. The molecule has 0 heterocycles. The number of hydrogen-bond donors (Lipinski definition) is 2. The molecule has 2 N–H and O–H groups in total. The number of allylic oxidation sites excluding steroid dienone is 2. The van der Waals surface area contributed by atoms with E-state index >= 15 is 0 Å². The summed E-state index contributed by atoms with van der Waals surface area (Å²) in [6.07, 6.45) is 6.94. The predicted octanol–water partition coefficient (Wildman–Crippen LogP) is 3.01. The second kappa shape index (κ2) is 8.42. The summed E-state index contributed by atoms with van der Waals surface area (Å²) in [4.78, 5) is 23.9. The van der Waals surface area contributed by atoms with Crippen LogP contribution in [0, 0.1) is 12.8 Å². The van der Waals surface area contributed by atoms with Crippen LogP contribution in [0.25, 0.3) is 0 Å². The van der Waals surface area contributed by atoms with E-state index in [-0.39, 0.29) is 11.4 Å². The molecular formula is C17H20F2N2O3. The van der Waals surface area contributed by atoms with E-state index in [1.807, 2.05) is 0 Å². The number of halogens is 2. The standard InChI is InChI=1S/C17H20F2N2O3/c1-11-6-5-9-13(24-17(18)19)14(11)21-16(23)15(22)20-10-12-7-3-2-4-8-12/h2-3,5-6,9,12,17H,4,7-8,10H2,1H3,(H,20,22)(H,21,23)/t12-/m1/s1. The zero-order valence-corrected chi connectivity index (χ0v) is 13.4. The van der Waals surface area contributed by atoms with E-state index in [0.29, 0.717) is 18.0 Å². The summed E-state index contributed by atoms with van der Waals surface area (Å²) in [6.45, 7) is -0.985. The monoisotopic (exact) mass is 338 g/mol. The number of benzene rings is 1. The smallest absolute Gasteiger partial charge is 0.387 e. The molecule has 1 aromatic carbocycles. The highest BCUT2D eigenvalue weighted by molar-refractivity contribution is 6.39. The van der Waals surface area contributed by atoms with Gasteiger partial charge in [0.05, 0.1) is 5.69 Å². The van der Waals surface area contributed by atoms with Crippen molar-refractivity contribution in [2.24, 2.45) is 5.92 Å². The van der Waals surface area contributed by atoms with Gasteiger partial charge in [-0.05, 0) is 43.7 Å². The molecule has 5 nitrogen and oxygen atoms in total. The summed E-state index contributed by atoms with van der Waals surface area (Å²) < 4.78 is 29.2. The minimum atomic E-state index is -3.02. The molecule has 0 aliphatic heterocycles. The maximum absolute atomic E-state index is 12.4. The number of amides is 2. The van der Waals surface area contributed by atoms with E-state index in [4.69, 9.17) is 0 Å². The third kappa shape index (κ3) is 5.04. The Bertz CT molecular complexity index is 632. The molecule has 0 saturated carbocycles. The number of nitrogens with one attached hydrogen (secondary N) is 2. The average molecular weight is 338 g/mol. The molecule has 1 aromatic rings. The zero-order chi connectivity index (χ0) is 17.5. The van der Waals surface area contributed by atoms with Gasteiger partial charge < -0.3 is 15.4 Å². The third-order valence-corrected chi connectivity index (χ3v) is 3.82. The molecule has 0 saturated heterocycles. The lowest BCUT2D eigenvalue weighted by molar-refractivity contribution is -0.136. The minimum Gasteiger partial charge on any atom is -0.433 e. The summed E-state index contributed by atoms with van der Waals surface area (Å²) in [7, 11) is 0. The molecule has 2 amide bonds. The Morgan fingerprint density at radius 2 is 2.08 bits per heavy atom. The molecule has 7 heteroatoms. The SMILES string of the molecule is Cc1cccc(OC(F)F)c1NC(=O)C(=O)NC[C@@H]1CC=CCC1. The molecule has 0 fully saturated rings. The summed E-state index contributed by atoms with van der Waals surface area (Å²) in [6, 6.07) is 4.46. The fraction of sp³-hybridized carbons (Fsp3) is 0.412. The number of anilines is 1. The third-order valence-electron chi connectivity index (χ3n) is 3.82. The normalized spacial score (nSPS) is 16.8. The van der Waals surface area contributed by atoms with Crippen molar-refractivity contribution in [3.8, 4) is 5.75 Å². The summed E-state index contributed by atoms with van der Waals surface area (Å²) in [5.41, 5.74) is 0.588. The molecule has 24 heavy (non-hydrogen) atoms. The van der Waals surface area contributed by atoms with E-state index in [2.05, 4.69) is 27.5 Å². The first-order valence-electron chi connectivity index (χ1n) is 7.76. The first-order chi connectivity index (χ1) is 11.5. The van der Waals surface area contributed by atoms with Crippen LogP contribution in [0.5, 0.6) is 5.75 Å². The van der Waals surface area contributed by atoms with Crippen molar-refractivity contribution >= 4 is 17.5 Å². The Kier molecular flexibility index (Phi) is 6.28. The molecule has 1 atom stereocenters. The van der Waals surface area contributed by atoms with Crippen LogP contribution < -0.4 is 15.4 Å². The lowest BCUT2D eigenvalue weighted by atomic mass is 9.94. The van der Waals surface area contributed by atoms with Crippen LogP contribution in [0.1, 0.15) is 24.8 Å². The second-order valence-electron chi connectivity index (χ2n) is 5.64. The van der Waals surface area contributed by atoms with Crippen LogP contribution in [0.4, 0.5) is 14.5 Å². The van der Waals surface area contributed by atoms with E-state index in [0.717, 1.165) is 19.3 Å². The maximum atomic E-state index is 12.4. The van der Waals surface area contributed by atoms with Gasteiger partial charge in [-0.2, -0.15) is 8.78 Å². The highest BCUT2D eigenvalue weighted by Gasteiger charge is 2.20. The van der Waals surface area contributed by atoms with Gasteiger partial charge in [0.25, 0.3) is 0 Å². The average Bonchev–Trinajstić information content (AvgIpc) is 2.56. The summed E-state index contributed by atoms with van der Waals surface area (Å²) in [5, 5.41) is 4.93. The van der Waals surface area contributed by atoms with Crippen molar-refractivity contribution in [2.75, 3.05) is 11.9 Å². The van der Waals surface area contributed by atoms with Crippen LogP contribution in [-0.4, -0.2) is 25.0 Å². The number of alkyl halides is 2. The Hall–Kier alpha value is -2.44. The highest BCUT2D eigenvalue weighted by Crippen LogP contribution is 2.29. The Morgan fingerprint density at radius 1 is 1.29 bits per heavy atom. The van der Waals surface area contributed by atoms with Crippen LogP contribution in [0.3, 0.4) is 0 Å². The molecule has 0 unspecified atom stereocenters. The van der Waals surface area contributed by atoms with Crippen LogP contribution in [-0.2, 0) is 9.59 Å². The summed E-state index contributed by atoms with van der Waals surface area (Å²) in [5.74, 6) is -1.57. The van der Waals surface area contributed by atoms with Crippen molar-refractivity contribution < 1.29 is 23.1 Å². The number of carbonyl (C=O) groups excluding carboxylic acids is 2. The molecule has 1 aliphatic rings. The molecule has 0 bridgehead atoms. The number of hydrogen-bond acceptors (Lipinski definition) is 3. The quantitative estimate of drug-likeness (QED) is 0.641. The maximum Gasteiger partial charge on any atom is 0.387 e. The number of carbonyl (C=O) groups is 2. The van der Waals surface area contributed by atoms with Gasteiger partial charge in [-0.1, -0.05) is 24.3 Å². The van der Waals surface area contributed by atoms with E-state index in [9.17, 15) is 18.4 Å². The van der Waals surface area contributed by atoms with Gasteiger partial charge in [-0.15, -0.1) is 0 Å². The van der Waals surface area contributed by atoms with Crippen molar-refractivity contribution in [1.82, 2.24) is 5.32 Å². The molecule has 0 spiro atoms. The first kappa shape index (κ1) is 17.9. The first-order valence-corrected chi connectivity index (χ1v) is 7.76. The van der Waals surface area contributed by atoms with Crippen molar-refractivity contribution in [2.45, 2.75) is 32.8 Å². The lowest BCUT2D eigenvalue weighted by Crippen LogP contribution is -2.38. The van der Waals surface area contributed by atoms with Gasteiger partial charge in [-0.3, -0.25) is 9.59 Å². The zero-order valence-electron chi connectivity index (χ0n) is 13.4. The van der Waals surface area contributed by atoms with Gasteiger partial charge in [0.2, 0.25) is 0 Å². The van der Waals surface area contributed by atoms with E-state index < -0.39 is 18.4 Å². The molecule has 2 rings (SSSR count). The van der Waals surface area contributed by atoms with Crippen molar-refractivity contribution in [1.29, 1.82) is 0 Å². The van der Waals surface area contributed by atoms with Gasteiger partial charge in [0.15, 0.2) is 0 Å². The van der Waals surface area contributed by atoms with Crippen LogP contribution in [0.2, 0.25) is 0 Å². The fourth-order valence-electron chi connectivity index (χ4n) is 2.52. The van der Waals surface area contributed by atoms with Crippen molar-refractivity contribution in [3.05, 3.63) is 35.9 Å². The second-order valence-corrected chi connectivity index (χ2v) is 5.64. The van der Waals surface area contributed by atoms with E-state index in [1.54, 1.807) is 13.0 Å². The van der Waals surface area contributed by atoms with Crippen LogP contribution in [0.15, 0.2) is 30.4 Å². The topological polar surface area (TPSA) is 67.4 Å². The van der Waals surface area contributed by atoms with Gasteiger partial charge in [-0.25, -0.2) is 0 Å². The Balaban J connectivity index is 1.95. The molecular weight excluding hydrogens is 318 g/mol. The van der Waals surface area contributed by atoms with Gasteiger partial charge in [0.1, 0.15) is 5.75 Å². The Labute approximate surface area is 139 Å². The van der Waals surface area contributed by atoms with Crippen LogP contribution >= 0.6 is 0 Å². The predicted molar refractivity (Wildman–Crippen MR) is 85.9 cm³/mol. The molecule has 1 aliphatic carbocycles. The molecule has 130 valence electrons. The van der Waals surface area contributed by atoms with Gasteiger partial charge in [0, 0.05) is 6.54 Å². The summed E-state index contributed by atoms with van der Waals surface area (Å²) >= 11 is 0. The van der Waals surface area contributed by atoms with E-state index in [1.165, 1.54) is 12.1 Å². The molecule has 0 radical (unpaired) electrons. The lowest BCUT2D eigenvalue weighted by Gasteiger charge is -2.18. The number of para-hydroxylation sites is 1. The Morgan fingerprint density at radius 3 is 2.75 bits per heavy atom. The number of ether oxygens (including phenoxy) is 1. The largest absolute Gasteiger partial charge is 0.433 e. The fourth-order valence-corrected chi connectivity index (χ4v) is 2.52. The minimum absolute atomic E-state index is 0.0681.